The molecule has 0 radical (unpaired) electrons. The van der Waals surface area contributed by atoms with Crippen LogP contribution in [0, 0.1) is 0 Å². The van der Waals surface area contributed by atoms with Crippen LogP contribution >= 0.6 is 15.9 Å². The van der Waals surface area contributed by atoms with Crippen molar-refractivity contribution < 1.29 is 27.8 Å². The average molecular weight is 614 g/mol. The number of carbonyl (C=O) groups excluding carboxylic acids is 2. The lowest BCUT2D eigenvalue weighted by atomic mass is 9.80. The van der Waals surface area contributed by atoms with Crippen molar-refractivity contribution in [3.8, 4) is 0 Å². The van der Waals surface area contributed by atoms with E-state index in [4.69, 9.17) is 9.47 Å². The maximum Gasteiger partial charge on any atom is 0.340 e. The minimum Gasteiger partial charge on any atom is -0.460 e. The molecule has 1 aromatic rings. The summed E-state index contributed by atoms with van der Waals surface area (Å²) in [7, 11) is 0. The zero-order valence-corrected chi connectivity index (χ0v) is 25.4. The van der Waals surface area contributed by atoms with E-state index in [0.717, 1.165) is 94.4 Å². The first-order valence-electron chi connectivity index (χ1n) is 15.3. The van der Waals surface area contributed by atoms with Gasteiger partial charge in [0.05, 0.1) is 0 Å². The molecule has 2 fully saturated rings. The van der Waals surface area contributed by atoms with Gasteiger partial charge in [0, 0.05) is 4.47 Å². The minimum absolute atomic E-state index is 0.186. The monoisotopic (exact) mass is 612 g/mol. The van der Waals surface area contributed by atoms with Crippen LogP contribution < -0.4 is 0 Å². The van der Waals surface area contributed by atoms with Gasteiger partial charge in [0.15, 0.2) is 12.3 Å². The fourth-order valence-corrected chi connectivity index (χ4v) is 6.71. The Balaban J connectivity index is 1.42. The predicted octanol–water partition coefficient (Wildman–Crippen LogP) is 9.42. The molecule has 0 aromatic heterocycles. The molecule has 0 unspecified atom stereocenters. The molecule has 3 rings (SSSR count). The van der Waals surface area contributed by atoms with E-state index in [1.807, 2.05) is 0 Å². The summed E-state index contributed by atoms with van der Waals surface area (Å²) < 4.78 is 40.3. The van der Waals surface area contributed by atoms with E-state index in [-0.39, 0.29) is 25.0 Å². The maximum atomic E-state index is 14.1. The zero-order chi connectivity index (χ0) is 28.2. The van der Waals surface area contributed by atoms with Gasteiger partial charge in [0.1, 0.15) is 12.2 Å². The minimum atomic E-state index is -1.51. The second-order valence-electron chi connectivity index (χ2n) is 11.5. The highest BCUT2D eigenvalue weighted by Gasteiger charge is 2.30. The van der Waals surface area contributed by atoms with Gasteiger partial charge in [0.2, 0.25) is 0 Å². The second kappa shape index (κ2) is 16.7. The summed E-state index contributed by atoms with van der Waals surface area (Å²) in [5, 5.41) is 0. The van der Waals surface area contributed by atoms with E-state index in [2.05, 4.69) is 48.0 Å². The third-order valence-electron chi connectivity index (χ3n) is 8.48. The molecule has 7 heteroatoms. The van der Waals surface area contributed by atoms with Gasteiger partial charge < -0.3 is 9.47 Å². The quantitative estimate of drug-likeness (QED) is 0.155. The molecule has 220 valence electrons. The number of carbonyl (C=O) groups is 2. The fraction of sp³-hybridized carbons (Fsp3) is 0.750. The first kappa shape index (κ1) is 32.0. The molecule has 2 aliphatic carbocycles. The zero-order valence-electron chi connectivity index (χ0n) is 23.8. The second-order valence-corrected chi connectivity index (χ2v) is 12.4. The Bertz CT molecular complexity index is 894. The molecule has 0 amide bonds. The third-order valence-corrected chi connectivity index (χ3v) is 9.17. The molecule has 0 spiro atoms. The van der Waals surface area contributed by atoms with Gasteiger partial charge in [-0.15, -0.1) is 0 Å². The summed E-state index contributed by atoms with van der Waals surface area (Å²) in [6.45, 7) is 4.12. The summed E-state index contributed by atoms with van der Waals surface area (Å²) in [5.41, 5.74) is 2.55. The molecule has 0 saturated heterocycles. The molecule has 0 N–H and O–H groups in total. The number of hydrogen-bond acceptors (Lipinski definition) is 4. The number of alkyl halides is 2. The van der Waals surface area contributed by atoms with E-state index in [1.54, 1.807) is 0 Å². The smallest absolute Gasteiger partial charge is 0.340 e. The van der Waals surface area contributed by atoms with Crippen LogP contribution in [0.4, 0.5) is 8.78 Å². The molecule has 0 heterocycles. The van der Waals surface area contributed by atoms with Crippen molar-refractivity contribution in [2.45, 2.75) is 153 Å². The van der Waals surface area contributed by atoms with Crippen molar-refractivity contribution in [1.82, 2.24) is 0 Å². The van der Waals surface area contributed by atoms with Crippen molar-refractivity contribution in [2.75, 3.05) is 0 Å². The van der Waals surface area contributed by atoms with Crippen LogP contribution in [0.1, 0.15) is 140 Å². The number of unbranched alkanes of at least 4 members (excludes halogenated alkanes) is 4. The highest BCUT2D eigenvalue weighted by Crippen LogP contribution is 2.41. The molecule has 2 aliphatic rings. The number of hydrogen-bond donors (Lipinski definition) is 0. The first-order chi connectivity index (χ1) is 18.8. The lowest BCUT2D eigenvalue weighted by Gasteiger charge is -2.31. The van der Waals surface area contributed by atoms with E-state index >= 15 is 0 Å². The molecule has 2 atom stereocenters. The van der Waals surface area contributed by atoms with Crippen molar-refractivity contribution >= 4 is 27.9 Å². The highest BCUT2D eigenvalue weighted by atomic mass is 79.9. The van der Waals surface area contributed by atoms with Crippen LogP contribution in [0.15, 0.2) is 22.7 Å². The number of rotatable bonds is 14. The number of esters is 2. The summed E-state index contributed by atoms with van der Waals surface area (Å²) in [5.74, 6) is -0.601. The lowest BCUT2D eigenvalue weighted by molar-refractivity contribution is -0.157. The summed E-state index contributed by atoms with van der Waals surface area (Å²) in [6, 6.07) is 6.63. The molecule has 0 aliphatic heterocycles. The Labute approximate surface area is 242 Å². The summed E-state index contributed by atoms with van der Waals surface area (Å²) in [6.07, 6.45) is 9.13. The van der Waals surface area contributed by atoms with E-state index < -0.39 is 24.3 Å². The first-order valence-corrected chi connectivity index (χ1v) is 16.1. The Morgan fingerprint density at radius 3 is 1.67 bits per heavy atom. The fourth-order valence-electron chi connectivity index (χ4n) is 5.99. The van der Waals surface area contributed by atoms with Gasteiger partial charge in [-0.3, -0.25) is 0 Å². The van der Waals surface area contributed by atoms with Gasteiger partial charge in [0.25, 0.3) is 0 Å². The van der Waals surface area contributed by atoms with Gasteiger partial charge in [-0.05, 0) is 106 Å². The topological polar surface area (TPSA) is 52.6 Å². The largest absolute Gasteiger partial charge is 0.460 e. The molecule has 1 aromatic carbocycles. The van der Waals surface area contributed by atoms with Crippen molar-refractivity contribution in [3.05, 3.63) is 33.8 Å². The standard InChI is InChI=1S/C32H47BrF2O4/c1-3-5-7-9-29(34)31(36)38-25-16-11-22(12-17-25)24-15-20-27(28(33)21-24)23-13-18-26(19-14-23)39-32(37)30(35)10-8-6-4-2/h15,20-23,25-26,29-30H,3-14,16-19H2,1-2H3/t22?,23?,25?,26?,29-,30-/m0/s1. The number of halogens is 3. The van der Waals surface area contributed by atoms with E-state index in [0.29, 0.717) is 11.8 Å². The lowest BCUT2D eigenvalue weighted by Crippen LogP contribution is -2.28. The third kappa shape index (κ3) is 10.1. The van der Waals surface area contributed by atoms with E-state index in [1.165, 1.54) is 11.1 Å². The SMILES string of the molecule is CCCCC[C@H](F)C(=O)OC1CCC(c2ccc(C3CCC(OC(=O)[C@@H](F)CCCCC)CC3)c(Br)c2)CC1. The van der Waals surface area contributed by atoms with Crippen LogP contribution in [0.5, 0.6) is 0 Å². The molecular weight excluding hydrogens is 566 g/mol. The molecular formula is C32H47BrF2O4. The Morgan fingerprint density at radius 1 is 0.769 bits per heavy atom. The maximum absolute atomic E-state index is 14.1. The molecule has 0 bridgehead atoms. The van der Waals surface area contributed by atoms with Crippen LogP contribution in [-0.4, -0.2) is 36.5 Å². The van der Waals surface area contributed by atoms with Crippen molar-refractivity contribution in [1.29, 1.82) is 0 Å². The molecule has 2 saturated carbocycles. The van der Waals surface area contributed by atoms with Crippen LogP contribution in [0.2, 0.25) is 0 Å². The Hall–Kier alpha value is -1.50. The Morgan fingerprint density at radius 2 is 1.23 bits per heavy atom. The van der Waals surface area contributed by atoms with Crippen LogP contribution in [0.25, 0.3) is 0 Å². The van der Waals surface area contributed by atoms with Crippen molar-refractivity contribution in [2.24, 2.45) is 0 Å². The average Bonchev–Trinajstić information content (AvgIpc) is 2.94. The van der Waals surface area contributed by atoms with Gasteiger partial charge in [-0.1, -0.05) is 67.6 Å². The summed E-state index contributed by atoms with van der Waals surface area (Å²) >= 11 is 3.79. The number of benzene rings is 1. The van der Waals surface area contributed by atoms with Gasteiger partial charge in [-0.2, -0.15) is 0 Å². The number of ether oxygens (including phenoxy) is 2. The van der Waals surface area contributed by atoms with Crippen LogP contribution in [-0.2, 0) is 19.1 Å². The van der Waals surface area contributed by atoms with Gasteiger partial charge in [-0.25, -0.2) is 18.4 Å². The molecule has 4 nitrogen and oxygen atoms in total. The van der Waals surface area contributed by atoms with Crippen molar-refractivity contribution in [3.63, 3.8) is 0 Å². The van der Waals surface area contributed by atoms with Crippen LogP contribution in [0.3, 0.4) is 0 Å². The molecule has 39 heavy (non-hydrogen) atoms. The summed E-state index contributed by atoms with van der Waals surface area (Å²) in [4.78, 5) is 24.2. The predicted molar refractivity (Wildman–Crippen MR) is 154 cm³/mol. The highest BCUT2D eigenvalue weighted by molar-refractivity contribution is 9.10. The normalized spacial score (nSPS) is 25.1. The van der Waals surface area contributed by atoms with E-state index in [9.17, 15) is 18.4 Å². The Kier molecular flexibility index (Phi) is 13.7. The van der Waals surface area contributed by atoms with Gasteiger partial charge >= 0.3 is 11.9 Å².